The molecular weight excluding hydrogens is 245 g/mol. The van der Waals surface area contributed by atoms with Crippen molar-refractivity contribution in [3.8, 4) is 11.8 Å². The van der Waals surface area contributed by atoms with E-state index in [1.54, 1.807) is 0 Å². The van der Waals surface area contributed by atoms with Gasteiger partial charge >= 0.3 is 0 Å². The maximum absolute atomic E-state index is 13.1. The van der Waals surface area contributed by atoms with Crippen LogP contribution in [0.25, 0.3) is 0 Å². The first-order valence-corrected chi connectivity index (χ1v) is 5.94. The third-order valence-electron chi connectivity index (χ3n) is 1.65. The summed E-state index contributed by atoms with van der Waals surface area (Å²) in [7, 11) is 2.10. The highest BCUT2D eigenvalue weighted by Gasteiger charge is 2.21. The molecule has 0 saturated heterocycles. The monoisotopic (exact) mass is 249 g/mol. The summed E-state index contributed by atoms with van der Waals surface area (Å²) < 4.78 is 39.7. The zero-order valence-electron chi connectivity index (χ0n) is 7.49. The molecule has 4 nitrogen and oxygen atoms in total. The minimum Gasteiger partial charge on any atom is -0.492 e. The molecule has 80 valence electrons. The Morgan fingerprint density at radius 2 is 2.13 bits per heavy atom. The van der Waals surface area contributed by atoms with E-state index < -0.39 is 31.1 Å². The lowest BCUT2D eigenvalue weighted by molar-refractivity contribution is 0.383. The van der Waals surface area contributed by atoms with Gasteiger partial charge in [-0.2, -0.15) is 5.26 Å². The number of methoxy groups -OCH3 is 1. The summed E-state index contributed by atoms with van der Waals surface area (Å²) in [6.45, 7) is 0. The quantitative estimate of drug-likeness (QED) is 0.747. The standard InChI is InChI=1S/C8H5ClFNO3S/c1-14-8-5(4-11)7(15(9,12)13)3-2-6(8)10/h2-3H,1H3. The highest BCUT2D eigenvalue weighted by molar-refractivity contribution is 8.13. The minimum atomic E-state index is -4.09. The Bertz CT molecular complexity index is 536. The van der Waals surface area contributed by atoms with Gasteiger partial charge in [-0.1, -0.05) is 0 Å². The van der Waals surface area contributed by atoms with Crippen molar-refractivity contribution in [2.24, 2.45) is 0 Å². The van der Waals surface area contributed by atoms with Crippen LogP contribution in [0.2, 0.25) is 0 Å². The van der Waals surface area contributed by atoms with Crippen LogP contribution in [0, 0.1) is 17.1 Å². The molecule has 0 heterocycles. The maximum Gasteiger partial charge on any atom is 0.262 e. The summed E-state index contributed by atoms with van der Waals surface area (Å²) >= 11 is 0. The normalized spacial score (nSPS) is 10.8. The summed E-state index contributed by atoms with van der Waals surface area (Å²) in [6, 6.07) is 3.32. The van der Waals surface area contributed by atoms with Crippen LogP contribution in [0.15, 0.2) is 17.0 Å². The number of nitrogens with zero attached hydrogens (tertiary/aromatic N) is 1. The van der Waals surface area contributed by atoms with Gasteiger partial charge in [0.15, 0.2) is 11.6 Å². The van der Waals surface area contributed by atoms with Gasteiger partial charge in [0.05, 0.1) is 7.11 Å². The molecule has 0 amide bonds. The van der Waals surface area contributed by atoms with Gasteiger partial charge in [-0.25, -0.2) is 12.8 Å². The average Bonchev–Trinajstić information content (AvgIpc) is 2.15. The molecule has 0 radical (unpaired) electrons. The summed E-state index contributed by atoms with van der Waals surface area (Å²) in [5.74, 6) is -1.25. The topological polar surface area (TPSA) is 67.2 Å². The number of nitriles is 1. The third kappa shape index (κ3) is 2.19. The first-order valence-electron chi connectivity index (χ1n) is 3.63. The van der Waals surface area contributed by atoms with Crippen molar-refractivity contribution in [2.75, 3.05) is 7.11 Å². The van der Waals surface area contributed by atoms with Crippen LogP contribution in [0.1, 0.15) is 5.56 Å². The van der Waals surface area contributed by atoms with Crippen molar-refractivity contribution in [1.29, 1.82) is 5.26 Å². The minimum absolute atomic E-state index is 0.431. The van der Waals surface area contributed by atoms with Crippen molar-refractivity contribution in [3.63, 3.8) is 0 Å². The molecule has 0 unspecified atom stereocenters. The summed E-state index contributed by atoms with van der Waals surface area (Å²) in [4.78, 5) is -0.468. The van der Waals surface area contributed by atoms with Crippen molar-refractivity contribution in [3.05, 3.63) is 23.5 Å². The van der Waals surface area contributed by atoms with Crippen LogP contribution < -0.4 is 4.74 Å². The molecule has 0 aromatic heterocycles. The zero-order valence-corrected chi connectivity index (χ0v) is 9.06. The van der Waals surface area contributed by atoms with Gasteiger partial charge in [0, 0.05) is 10.7 Å². The molecule has 0 bridgehead atoms. The van der Waals surface area contributed by atoms with Crippen LogP contribution in [-0.4, -0.2) is 15.5 Å². The molecule has 0 aliphatic carbocycles. The fourth-order valence-corrected chi connectivity index (χ4v) is 2.05. The van der Waals surface area contributed by atoms with Crippen molar-refractivity contribution in [1.82, 2.24) is 0 Å². The number of hydrogen-bond donors (Lipinski definition) is 0. The summed E-state index contributed by atoms with van der Waals surface area (Å²) in [5, 5.41) is 8.70. The first kappa shape index (κ1) is 11.8. The second kappa shape index (κ2) is 4.04. The Morgan fingerprint density at radius 3 is 2.53 bits per heavy atom. The van der Waals surface area contributed by atoms with Crippen LogP contribution in [-0.2, 0) is 9.05 Å². The number of rotatable bonds is 2. The Hall–Kier alpha value is -1.32. The molecule has 0 N–H and O–H groups in total. The van der Waals surface area contributed by atoms with Crippen LogP contribution in [0.4, 0.5) is 4.39 Å². The molecule has 0 spiro atoms. The summed E-state index contributed by atoms with van der Waals surface area (Å²) in [6.07, 6.45) is 0. The Labute approximate surface area is 90.3 Å². The Morgan fingerprint density at radius 1 is 1.53 bits per heavy atom. The lowest BCUT2D eigenvalue weighted by Gasteiger charge is -2.06. The Balaban J connectivity index is 3.66. The van der Waals surface area contributed by atoms with E-state index in [9.17, 15) is 12.8 Å². The van der Waals surface area contributed by atoms with Crippen LogP contribution >= 0.6 is 10.7 Å². The van der Waals surface area contributed by atoms with E-state index in [1.807, 2.05) is 0 Å². The van der Waals surface area contributed by atoms with Crippen LogP contribution in [0.3, 0.4) is 0 Å². The number of ether oxygens (including phenoxy) is 1. The predicted octanol–water partition coefficient (Wildman–Crippen LogP) is 1.63. The average molecular weight is 250 g/mol. The fourth-order valence-electron chi connectivity index (χ4n) is 1.05. The predicted molar refractivity (Wildman–Crippen MR) is 50.7 cm³/mol. The molecule has 0 aliphatic heterocycles. The van der Waals surface area contributed by atoms with Gasteiger partial charge in [0.2, 0.25) is 0 Å². The molecule has 0 atom stereocenters. The molecule has 7 heteroatoms. The van der Waals surface area contributed by atoms with E-state index in [2.05, 4.69) is 4.74 Å². The van der Waals surface area contributed by atoms with Gasteiger partial charge in [0.25, 0.3) is 9.05 Å². The molecule has 15 heavy (non-hydrogen) atoms. The van der Waals surface area contributed by atoms with Crippen molar-refractivity contribution in [2.45, 2.75) is 4.90 Å². The number of benzene rings is 1. The van der Waals surface area contributed by atoms with Crippen LogP contribution in [0.5, 0.6) is 5.75 Å². The summed E-state index contributed by atoms with van der Waals surface area (Å²) in [5.41, 5.74) is -0.437. The second-order valence-electron chi connectivity index (χ2n) is 2.50. The Kier molecular flexibility index (Phi) is 3.17. The lowest BCUT2D eigenvalue weighted by atomic mass is 10.2. The van der Waals surface area contributed by atoms with Gasteiger partial charge in [-0.15, -0.1) is 0 Å². The van der Waals surface area contributed by atoms with E-state index in [1.165, 1.54) is 6.07 Å². The zero-order chi connectivity index (χ0) is 11.6. The van der Waals surface area contributed by atoms with E-state index in [0.29, 0.717) is 0 Å². The third-order valence-corrected chi connectivity index (χ3v) is 3.01. The van der Waals surface area contributed by atoms with Crippen molar-refractivity contribution >= 4 is 19.7 Å². The number of halogens is 2. The molecule has 1 aromatic carbocycles. The highest BCUT2D eigenvalue weighted by Crippen LogP contribution is 2.29. The molecular formula is C8H5ClFNO3S. The van der Waals surface area contributed by atoms with Gasteiger partial charge in [0.1, 0.15) is 16.5 Å². The highest BCUT2D eigenvalue weighted by atomic mass is 35.7. The molecule has 0 fully saturated rings. The maximum atomic E-state index is 13.1. The smallest absolute Gasteiger partial charge is 0.262 e. The van der Waals surface area contributed by atoms with E-state index in [-0.39, 0.29) is 0 Å². The molecule has 1 aromatic rings. The van der Waals surface area contributed by atoms with Gasteiger partial charge in [-0.05, 0) is 12.1 Å². The molecule has 0 saturated carbocycles. The first-order chi connectivity index (χ1) is 6.91. The number of hydrogen-bond acceptors (Lipinski definition) is 4. The SMILES string of the molecule is COc1c(F)ccc(S(=O)(=O)Cl)c1C#N. The molecule has 1 rings (SSSR count). The second-order valence-corrected chi connectivity index (χ2v) is 5.04. The van der Waals surface area contributed by atoms with Crippen molar-refractivity contribution < 1.29 is 17.5 Å². The van der Waals surface area contributed by atoms with E-state index >= 15 is 0 Å². The van der Waals surface area contributed by atoms with Gasteiger partial charge in [-0.3, -0.25) is 0 Å². The largest absolute Gasteiger partial charge is 0.492 e. The molecule has 0 aliphatic rings. The fraction of sp³-hybridized carbons (Fsp3) is 0.125. The lowest BCUT2D eigenvalue weighted by Crippen LogP contribution is -2.00. The van der Waals surface area contributed by atoms with E-state index in [4.69, 9.17) is 15.9 Å². The van der Waals surface area contributed by atoms with E-state index in [0.717, 1.165) is 19.2 Å². The van der Waals surface area contributed by atoms with Gasteiger partial charge < -0.3 is 4.74 Å².